The molecule has 32 heavy (non-hydrogen) atoms. The number of hydrogen-bond donors (Lipinski definition) is 1. The van der Waals surface area contributed by atoms with Gasteiger partial charge in [-0.25, -0.2) is 15.0 Å². The van der Waals surface area contributed by atoms with Gasteiger partial charge in [0, 0.05) is 25.6 Å². The first-order valence-electron chi connectivity index (χ1n) is 11.4. The number of aromatic nitrogens is 3. The standard InChI is InChI=1S/C25H31N5O2/c1-4-21-22(5-2)29-24-23(28-21)14-19(16-26-24)30-12-10-18(11-13-30)25(31)27-15-17-6-8-20(32-3)9-7-17/h6-9,14,16,18H,4-5,10-13,15H2,1-3H3,(H,27,31). The smallest absolute Gasteiger partial charge is 0.223 e. The summed E-state index contributed by atoms with van der Waals surface area (Å²) >= 11 is 0. The fourth-order valence-corrected chi connectivity index (χ4v) is 4.22. The van der Waals surface area contributed by atoms with E-state index in [1.54, 1.807) is 7.11 Å². The minimum Gasteiger partial charge on any atom is -0.497 e. The van der Waals surface area contributed by atoms with Gasteiger partial charge in [-0.15, -0.1) is 0 Å². The number of methoxy groups -OCH3 is 1. The molecule has 0 atom stereocenters. The molecule has 2 aromatic heterocycles. The Morgan fingerprint density at radius 1 is 1.09 bits per heavy atom. The number of amides is 1. The van der Waals surface area contributed by atoms with E-state index in [4.69, 9.17) is 9.72 Å². The van der Waals surface area contributed by atoms with E-state index in [-0.39, 0.29) is 11.8 Å². The van der Waals surface area contributed by atoms with Crippen LogP contribution in [0.25, 0.3) is 11.2 Å². The highest BCUT2D eigenvalue weighted by Gasteiger charge is 2.25. The molecule has 0 spiro atoms. The van der Waals surface area contributed by atoms with Gasteiger partial charge >= 0.3 is 0 Å². The van der Waals surface area contributed by atoms with E-state index in [1.165, 1.54) is 0 Å². The van der Waals surface area contributed by atoms with Crippen molar-refractivity contribution in [3.8, 4) is 5.75 Å². The molecule has 0 unspecified atom stereocenters. The number of pyridine rings is 1. The molecule has 0 radical (unpaired) electrons. The Morgan fingerprint density at radius 2 is 1.78 bits per heavy atom. The van der Waals surface area contributed by atoms with Crippen molar-refractivity contribution in [1.82, 2.24) is 20.3 Å². The highest BCUT2D eigenvalue weighted by molar-refractivity contribution is 5.79. The third-order valence-corrected chi connectivity index (χ3v) is 6.19. The summed E-state index contributed by atoms with van der Waals surface area (Å²) in [6.45, 7) is 6.40. The average Bonchev–Trinajstić information content (AvgIpc) is 2.86. The second-order valence-corrected chi connectivity index (χ2v) is 8.19. The fraction of sp³-hybridized carbons (Fsp3) is 0.440. The summed E-state index contributed by atoms with van der Waals surface area (Å²) in [5.41, 5.74) is 5.74. The van der Waals surface area contributed by atoms with E-state index in [0.29, 0.717) is 12.2 Å². The van der Waals surface area contributed by atoms with Crippen molar-refractivity contribution in [2.24, 2.45) is 5.92 Å². The number of carbonyl (C=O) groups is 1. The molecule has 1 aliphatic rings. The van der Waals surface area contributed by atoms with Gasteiger partial charge in [0.2, 0.25) is 5.91 Å². The minimum atomic E-state index is 0.0384. The van der Waals surface area contributed by atoms with Gasteiger partial charge in [0.25, 0.3) is 0 Å². The number of hydrogen-bond acceptors (Lipinski definition) is 6. The van der Waals surface area contributed by atoms with Crippen molar-refractivity contribution in [3.63, 3.8) is 0 Å². The second-order valence-electron chi connectivity index (χ2n) is 8.19. The first kappa shape index (κ1) is 22.0. The predicted octanol–water partition coefficient (Wildman–Crippen LogP) is 3.69. The van der Waals surface area contributed by atoms with Gasteiger partial charge in [-0.3, -0.25) is 4.79 Å². The molecule has 3 heterocycles. The number of anilines is 1. The van der Waals surface area contributed by atoms with Crippen LogP contribution in [-0.4, -0.2) is 41.1 Å². The van der Waals surface area contributed by atoms with Crippen LogP contribution in [0.4, 0.5) is 5.69 Å². The van der Waals surface area contributed by atoms with E-state index in [2.05, 4.69) is 40.1 Å². The number of ether oxygens (including phenoxy) is 1. The monoisotopic (exact) mass is 433 g/mol. The number of aryl methyl sites for hydroxylation is 2. The van der Waals surface area contributed by atoms with E-state index in [1.807, 2.05) is 30.5 Å². The average molecular weight is 434 g/mol. The maximum atomic E-state index is 12.7. The number of piperidine rings is 1. The van der Waals surface area contributed by atoms with Gasteiger partial charge in [-0.1, -0.05) is 26.0 Å². The molecule has 1 amide bonds. The summed E-state index contributed by atoms with van der Waals surface area (Å²) in [6, 6.07) is 9.86. The van der Waals surface area contributed by atoms with Crippen LogP contribution in [-0.2, 0) is 24.2 Å². The van der Waals surface area contributed by atoms with E-state index >= 15 is 0 Å². The molecule has 7 nitrogen and oxygen atoms in total. The lowest BCUT2D eigenvalue weighted by molar-refractivity contribution is -0.125. The topological polar surface area (TPSA) is 80.2 Å². The van der Waals surface area contributed by atoms with Crippen LogP contribution >= 0.6 is 0 Å². The molecular weight excluding hydrogens is 402 g/mol. The van der Waals surface area contributed by atoms with Crippen molar-refractivity contribution >= 4 is 22.8 Å². The lowest BCUT2D eigenvalue weighted by Gasteiger charge is -2.32. The largest absolute Gasteiger partial charge is 0.497 e. The summed E-state index contributed by atoms with van der Waals surface area (Å²) in [7, 11) is 1.65. The Kier molecular flexibility index (Phi) is 6.83. The van der Waals surface area contributed by atoms with Crippen LogP contribution in [0.15, 0.2) is 36.5 Å². The SMILES string of the molecule is CCc1nc2cc(N3CCC(C(=O)NCc4ccc(OC)cc4)CC3)cnc2nc1CC. The first-order valence-corrected chi connectivity index (χ1v) is 11.4. The van der Waals surface area contributed by atoms with Crippen LogP contribution < -0.4 is 15.0 Å². The molecule has 4 rings (SSSR count). The zero-order valence-electron chi connectivity index (χ0n) is 19.1. The Labute approximate surface area is 189 Å². The number of benzene rings is 1. The first-order chi connectivity index (χ1) is 15.6. The summed E-state index contributed by atoms with van der Waals surface area (Å²) in [5, 5.41) is 3.08. The van der Waals surface area contributed by atoms with E-state index in [0.717, 1.165) is 72.7 Å². The quantitative estimate of drug-likeness (QED) is 0.612. The molecule has 3 aromatic rings. The number of nitrogens with one attached hydrogen (secondary N) is 1. The maximum absolute atomic E-state index is 12.7. The third kappa shape index (κ3) is 4.82. The predicted molar refractivity (Wildman–Crippen MR) is 126 cm³/mol. The minimum absolute atomic E-state index is 0.0384. The zero-order chi connectivity index (χ0) is 22.5. The van der Waals surface area contributed by atoms with Gasteiger partial charge in [-0.05, 0) is 49.4 Å². The normalized spacial score (nSPS) is 14.5. The number of nitrogens with zero attached hydrogens (tertiary/aromatic N) is 4. The van der Waals surface area contributed by atoms with Gasteiger partial charge in [0.1, 0.15) is 11.3 Å². The Bertz CT molecular complexity index is 1080. The van der Waals surface area contributed by atoms with Crippen LogP contribution in [0.2, 0.25) is 0 Å². The van der Waals surface area contributed by atoms with Crippen LogP contribution in [0.1, 0.15) is 43.6 Å². The molecule has 168 valence electrons. The maximum Gasteiger partial charge on any atom is 0.223 e. The molecule has 0 aliphatic carbocycles. The fourth-order valence-electron chi connectivity index (χ4n) is 4.22. The summed E-state index contributed by atoms with van der Waals surface area (Å²) < 4.78 is 5.18. The molecular formula is C25H31N5O2. The summed E-state index contributed by atoms with van der Waals surface area (Å²) in [4.78, 5) is 29.0. The lowest BCUT2D eigenvalue weighted by atomic mass is 9.95. The van der Waals surface area contributed by atoms with Crippen molar-refractivity contribution < 1.29 is 9.53 Å². The molecule has 7 heteroatoms. The van der Waals surface area contributed by atoms with Crippen molar-refractivity contribution in [1.29, 1.82) is 0 Å². The Hall–Kier alpha value is -3.22. The zero-order valence-corrected chi connectivity index (χ0v) is 19.1. The summed E-state index contributed by atoms with van der Waals surface area (Å²) in [6.07, 6.45) is 5.27. The van der Waals surface area contributed by atoms with E-state index < -0.39 is 0 Å². The van der Waals surface area contributed by atoms with Crippen molar-refractivity contribution in [2.75, 3.05) is 25.1 Å². The molecule has 0 bridgehead atoms. The van der Waals surface area contributed by atoms with Crippen molar-refractivity contribution in [3.05, 3.63) is 53.5 Å². The number of carbonyl (C=O) groups excluding carboxylic acids is 1. The molecule has 1 saturated heterocycles. The molecule has 1 aromatic carbocycles. The van der Waals surface area contributed by atoms with Crippen LogP contribution in [0, 0.1) is 5.92 Å². The molecule has 1 fully saturated rings. The molecule has 0 saturated carbocycles. The van der Waals surface area contributed by atoms with Crippen LogP contribution in [0.5, 0.6) is 5.75 Å². The second kappa shape index (κ2) is 9.94. The number of fused-ring (bicyclic) bond motifs is 1. The highest BCUT2D eigenvalue weighted by atomic mass is 16.5. The molecule has 1 N–H and O–H groups in total. The lowest BCUT2D eigenvalue weighted by Crippen LogP contribution is -2.40. The van der Waals surface area contributed by atoms with Gasteiger partial charge < -0.3 is 15.0 Å². The number of rotatable bonds is 7. The Balaban J connectivity index is 1.35. The van der Waals surface area contributed by atoms with Gasteiger partial charge in [0.05, 0.1) is 30.4 Å². The highest BCUT2D eigenvalue weighted by Crippen LogP contribution is 2.25. The van der Waals surface area contributed by atoms with Gasteiger partial charge in [0.15, 0.2) is 5.65 Å². The summed E-state index contributed by atoms with van der Waals surface area (Å²) in [5.74, 6) is 0.984. The third-order valence-electron chi connectivity index (χ3n) is 6.19. The van der Waals surface area contributed by atoms with Crippen LogP contribution in [0.3, 0.4) is 0 Å². The molecule has 1 aliphatic heterocycles. The Morgan fingerprint density at radius 3 is 2.44 bits per heavy atom. The van der Waals surface area contributed by atoms with E-state index in [9.17, 15) is 4.79 Å². The van der Waals surface area contributed by atoms with Crippen molar-refractivity contribution in [2.45, 2.75) is 46.1 Å². The van der Waals surface area contributed by atoms with Gasteiger partial charge in [-0.2, -0.15) is 0 Å².